The lowest BCUT2D eigenvalue weighted by atomic mass is 10.0. The van der Waals surface area contributed by atoms with Crippen LogP contribution in [0.3, 0.4) is 0 Å². The number of methoxy groups -OCH3 is 1. The summed E-state index contributed by atoms with van der Waals surface area (Å²) in [5.41, 5.74) is -0.374. The average molecular weight is 253 g/mol. The minimum atomic E-state index is -0.335. The van der Waals surface area contributed by atoms with Gasteiger partial charge in [0.1, 0.15) is 5.54 Å². The molecule has 0 aromatic heterocycles. The maximum atomic E-state index is 9.13. The third kappa shape index (κ3) is 4.24. The van der Waals surface area contributed by atoms with Crippen LogP contribution in [0.2, 0.25) is 0 Å². The van der Waals surface area contributed by atoms with E-state index in [1.807, 2.05) is 13.8 Å². The fourth-order valence-electron chi connectivity index (χ4n) is 2.13. The van der Waals surface area contributed by atoms with Crippen LogP contribution < -0.4 is 0 Å². The maximum Gasteiger partial charge on any atom is 0.103 e. The summed E-state index contributed by atoms with van der Waals surface area (Å²) >= 11 is 0. The van der Waals surface area contributed by atoms with E-state index in [0.717, 1.165) is 39.1 Å². The van der Waals surface area contributed by atoms with Gasteiger partial charge in [-0.25, -0.2) is 0 Å². The molecule has 4 heteroatoms. The molecule has 0 bridgehead atoms. The molecule has 0 amide bonds. The van der Waals surface area contributed by atoms with Crippen molar-refractivity contribution in [1.82, 2.24) is 9.80 Å². The summed E-state index contributed by atoms with van der Waals surface area (Å²) < 4.78 is 5.44. The minimum Gasteiger partial charge on any atom is -0.379 e. The van der Waals surface area contributed by atoms with Crippen LogP contribution in [0.5, 0.6) is 0 Å². The van der Waals surface area contributed by atoms with Gasteiger partial charge in [-0.3, -0.25) is 4.90 Å². The maximum absolute atomic E-state index is 9.13. The highest BCUT2D eigenvalue weighted by atomic mass is 16.5. The molecule has 1 fully saturated rings. The van der Waals surface area contributed by atoms with Gasteiger partial charge in [-0.1, -0.05) is 0 Å². The summed E-state index contributed by atoms with van der Waals surface area (Å²) in [6.07, 6.45) is 1.05. The van der Waals surface area contributed by atoms with Gasteiger partial charge in [0.2, 0.25) is 0 Å². The van der Waals surface area contributed by atoms with Crippen LogP contribution in [0, 0.1) is 11.3 Å². The molecule has 0 spiro atoms. The van der Waals surface area contributed by atoms with E-state index in [4.69, 9.17) is 10.00 Å². The Balaban J connectivity index is 2.35. The van der Waals surface area contributed by atoms with Crippen LogP contribution in [-0.2, 0) is 4.74 Å². The van der Waals surface area contributed by atoms with E-state index >= 15 is 0 Å². The van der Waals surface area contributed by atoms with Gasteiger partial charge in [-0.15, -0.1) is 0 Å². The van der Waals surface area contributed by atoms with Gasteiger partial charge in [0.05, 0.1) is 11.7 Å². The number of rotatable bonds is 5. The van der Waals surface area contributed by atoms with Crippen molar-refractivity contribution in [2.45, 2.75) is 45.3 Å². The van der Waals surface area contributed by atoms with Crippen molar-refractivity contribution in [2.75, 3.05) is 39.8 Å². The third-order valence-electron chi connectivity index (χ3n) is 4.02. The van der Waals surface area contributed by atoms with Crippen LogP contribution in [0.15, 0.2) is 0 Å². The van der Waals surface area contributed by atoms with Crippen molar-refractivity contribution in [3.8, 4) is 6.07 Å². The first-order valence-corrected chi connectivity index (χ1v) is 6.74. The number of hydrogen-bond acceptors (Lipinski definition) is 4. The summed E-state index contributed by atoms with van der Waals surface area (Å²) in [6.45, 7) is 13.4. The van der Waals surface area contributed by atoms with E-state index in [9.17, 15) is 0 Å². The Morgan fingerprint density at radius 1 is 1.11 bits per heavy atom. The lowest BCUT2D eigenvalue weighted by Gasteiger charge is -2.41. The number of nitrogens with zero attached hydrogens (tertiary/aromatic N) is 3. The molecule has 0 saturated carbocycles. The second-order valence-corrected chi connectivity index (χ2v) is 6.21. The third-order valence-corrected chi connectivity index (χ3v) is 4.02. The first-order valence-electron chi connectivity index (χ1n) is 6.74. The topological polar surface area (TPSA) is 39.5 Å². The Kier molecular flexibility index (Phi) is 5.15. The van der Waals surface area contributed by atoms with Gasteiger partial charge >= 0.3 is 0 Å². The van der Waals surface area contributed by atoms with Gasteiger partial charge in [-0.05, 0) is 34.1 Å². The number of nitriles is 1. The largest absolute Gasteiger partial charge is 0.379 e. The Bertz CT molecular complexity index is 299. The highest BCUT2D eigenvalue weighted by molar-refractivity contribution is 5.02. The summed E-state index contributed by atoms with van der Waals surface area (Å²) in [5.74, 6) is 0. The molecule has 1 aliphatic heterocycles. The number of ether oxygens (including phenoxy) is 1. The van der Waals surface area contributed by atoms with E-state index in [1.165, 1.54) is 0 Å². The highest BCUT2D eigenvalue weighted by Crippen LogP contribution is 2.18. The molecule has 4 nitrogen and oxygen atoms in total. The van der Waals surface area contributed by atoms with E-state index in [1.54, 1.807) is 7.11 Å². The molecule has 1 rings (SSSR count). The molecule has 0 aromatic rings. The minimum absolute atomic E-state index is 0.0386. The molecule has 0 aliphatic carbocycles. The highest BCUT2D eigenvalue weighted by Gasteiger charge is 2.30. The van der Waals surface area contributed by atoms with Gasteiger partial charge in [0.15, 0.2) is 0 Å². The first kappa shape index (κ1) is 15.4. The SMILES string of the molecule is COC(C)(C)CCN1CCN(C(C)(C)C#N)CC1. The lowest BCUT2D eigenvalue weighted by molar-refractivity contribution is 0.000238. The smallest absolute Gasteiger partial charge is 0.103 e. The second-order valence-electron chi connectivity index (χ2n) is 6.21. The predicted molar refractivity (Wildman–Crippen MR) is 73.4 cm³/mol. The number of hydrogen-bond donors (Lipinski definition) is 0. The van der Waals surface area contributed by atoms with E-state index in [-0.39, 0.29) is 11.1 Å². The van der Waals surface area contributed by atoms with Crippen LogP contribution in [0.1, 0.15) is 34.1 Å². The molecule has 1 aliphatic rings. The van der Waals surface area contributed by atoms with Gasteiger partial charge in [0.25, 0.3) is 0 Å². The summed E-state index contributed by atoms with van der Waals surface area (Å²) in [7, 11) is 1.77. The molecular weight excluding hydrogens is 226 g/mol. The molecule has 0 atom stereocenters. The Hall–Kier alpha value is -0.630. The molecule has 18 heavy (non-hydrogen) atoms. The molecule has 0 aromatic carbocycles. The van der Waals surface area contributed by atoms with Crippen molar-refractivity contribution in [3.05, 3.63) is 0 Å². The van der Waals surface area contributed by atoms with E-state index in [2.05, 4.69) is 29.7 Å². The predicted octanol–water partition coefficient (Wildman–Crippen LogP) is 1.72. The van der Waals surface area contributed by atoms with Crippen molar-refractivity contribution in [2.24, 2.45) is 0 Å². The summed E-state index contributed by atoms with van der Waals surface area (Å²) in [4.78, 5) is 4.73. The zero-order chi connectivity index (χ0) is 13.8. The van der Waals surface area contributed by atoms with Gasteiger partial charge in [0, 0.05) is 39.8 Å². The number of piperazine rings is 1. The van der Waals surface area contributed by atoms with Gasteiger partial charge in [-0.2, -0.15) is 5.26 Å². The van der Waals surface area contributed by atoms with Crippen molar-refractivity contribution >= 4 is 0 Å². The Morgan fingerprint density at radius 2 is 1.67 bits per heavy atom. The van der Waals surface area contributed by atoms with E-state index in [0.29, 0.717) is 0 Å². The van der Waals surface area contributed by atoms with Gasteiger partial charge < -0.3 is 9.64 Å². The molecule has 0 N–H and O–H groups in total. The molecule has 1 heterocycles. The Morgan fingerprint density at radius 3 is 2.11 bits per heavy atom. The molecule has 104 valence electrons. The van der Waals surface area contributed by atoms with Crippen LogP contribution in [0.4, 0.5) is 0 Å². The van der Waals surface area contributed by atoms with Crippen molar-refractivity contribution in [1.29, 1.82) is 5.26 Å². The van der Waals surface area contributed by atoms with Crippen molar-refractivity contribution in [3.63, 3.8) is 0 Å². The fourth-order valence-corrected chi connectivity index (χ4v) is 2.13. The second kappa shape index (κ2) is 6.01. The van der Waals surface area contributed by atoms with Crippen LogP contribution in [0.25, 0.3) is 0 Å². The standard InChI is InChI=1S/C14H27N3O/c1-13(2,12-15)17-10-8-16(9-11-17)7-6-14(3,4)18-5/h6-11H2,1-5H3. The molecule has 0 radical (unpaired) electrons. The zero-order valence-electron chi connectivity index (χ0n) is 12.5. The zero-order valence-corrected chi connectivity index (χ0v) is 12.5. The molecule has 1 saturated heterocycles. The quantitative estimate of drug-likeness (QED) is 0.748. The first-order chi connectivity index (χ1) is 8.30. The average Bonchev–Trinajstić information content (AvgIpc) is 2.37. The molecule has 0 unspecified atom stereocenters. The van der Waals surface area contributed by atoms with Crippen LogP contribution in [-0.4, -0.2) is 60.8 Å². The monoisotopic (exact) mass is 253 g/mol. The fraction of sp³-hybridized carbons (Fsp3) is 0.929. The lowest BCUT2D eigenvalue weighted by Crippen LogP contribution is -2.54. The summed E-state index contributed by atoms with van der Waals surface area (Å²) in [6, 6.07) is 2.38. The van der Waals surface area contributed by atoms with Crippen molar-refractivity contribution < 1.29 is 4.74 Å². The summed E-state index contributed by atoms with van der Waals surface area (Å²) in [5, 5.41) is 9.13. The Labute approximate surface area is 112 Å². The molecular formula is C14H27N3O. The van der Waals surface area contributed by atoms with Crippen LogP contribution >= 0.6 is 0 Å². The van der Waals surface area contributed by atoms with E-state index < -0.39 is 0 Å². The normalized spacial score (nSPS) is 19.8.